The first-order valence-corrected chi connectivity index (χ1v) is 10.3. The minimum atomic E-state index is -0.115. The third kappa shape index (κ3) is 4.07. The Morgan fingerprint density at radius 1 is 1.20 bits per heavy atom. The first-order valence-electron chi connectivity index (χ1n) is 10.3. The molecule has 2 aromatic heterocycles. The maximum absolute atomic E-state index is 13.0. The molecule has 7 nitrogen and oxygen atoms in total. The Labute approximate surface area is 177 Å². The number of amides is 1. The predicted molar refractivity (Wildman–Crippen MR) is 117 cm³/mol. The molecule has 1 aromatic carbocycles. The van der Waals surface area contributed by atoms with Crippen LogP contribution in [0.15, 0.2) is 48.7 Å². The molecule has 1 unspecified atom stereocenters. The van der Waals surface area contributed by atoms with Gasteiger partial charge in [-0.2, -0.15) is 5.10 Å². The van der Waals surface area contributed by atoms with Crippen molar-refractivity contribution in [3.8, 4) is 0 Å². The van der Waals surface area contributed by atoms with Crippen molar-refractivity contribution in [1.29, 1.82) is 0 Å². The van der Waals surface area contributed by atoms with E-state index in [9.17, 15) is 4.79 Å². The second kappa shape index (κ2) is 8.67. The molecule has 156 valence electrons. The SMILES string of the molecule is Cc1nn(C)c(C)c1CNC(=O)c1cccnc1N1CCNC(c2ccccc2)C1. The quantitative estimate of drug-likeness (QED) is 0.684. The van der Waals surface area contributed by atoms with Crippen LogP contribution in [0.25, 0.3) is 0 Å². The summed E-state index contributed by atoms with van der Waals surface area (Å²) in [5.41, 5.74) is 4.90. The van der Waals surface area contributed by atoms with Crippen LogP contribution in [-0.2, 0) is 13.6 Å². The smallest absolute Gasteiger partial charge is 0.255 e. The van der Waals surface area contributed by atoms with Crippen molar-refractivity contribution in [1.82, 2.24) is 25.4 Å². The van der Waals surface area contributed by atoms with Gasteiger partial charge in [-0.1, -0.05) is 30.3 Å². The lowest BCUT2D eigenvalue weighted by molar-refractivity contribution is 0.0951. The largest absolute Gasteiger partial charge is 0.353 e. The summed E-state index contributed by atoms with van der Waals surface area (Å²) in [4.78, 5) is 19.8. The van der Waals surface area contributed by atoms with E-state index in [2.05, 4.69) is 49.9 Å². The Bertz CT molecular complexity index is 1030. The van der Waals surface area contributed by atoms with E-state index < -0.39 is 0 Å². The third-order valence-corrected chi connectivity index (χ3v) is 5.79. The van der Waals surface area contributed by atoms with Crippen LogP contribution < -0.4 is 15.5 Å². The van der Waals surface area contributed by atoms with Crippen LogP contribution in [0, 0.1) is 13.8 Å². The maximum atomic E-state index is 13.0. The summed E-state index contributed by atoms with van der Waals surface area (Å²) < 4.78 is 1.84. The number of nitrogens with one attached hydrogen (secondary N) is 2. The fourth-order valence-electron chi connectivity index (χ4n) is 4.01. The van der Waals surface area contributed by atoms with Crippen LogP contribution in [-0.4, -0.2) is 40.3 Å². The molecule has 30 heavy (non-hydrogen) atoms. The van der Waals surface area contributed by atoms with Gasteiger partial charge in [-0.05, 0) is 31.5 Å². The van der Waals surface area contributed by atoms with Gasteiger partial charge in [0.25, 0.3) is 5.91 Å². The number of carbonyl (C=O) groups excluding carboxylic acids is 1. The lowest BCUT2D eigenvalue weighted by atomic mass is 10.0. The van der Waals surface area contributed by atoms with E-state index in [1.54, 1.807) is 6.20 Å². The van der Waals surface area contributed by atoms with Crippen molar-refractivity contribution in [2.24, 2.45) is 7.05 Å². The van der Waals surface area contributed by atoms with E-state index in [-0.39, 0.29) is 11.9 Å². The van der Waals surface area contributed by atoms with Gasteiger partial charge in [-0.15, -0.1) is 0 Å². The van der Waals surface area contributed by atoms with Crippen molar-refractivity contribution < 1.29 is 4.79 Å². The summed E-state index contributed by atoms with van der Waals surface area (Å²) in [6.45, 7) is 6.84. The minimum Gasteiger partial charge on any atom is -0.353 e. The van der Waals surface area contributed by atoms with Crippen molar-refractivity contribution >= 4 is 11.7 Å². The molecule has 1 fully saturated rings. The van der Waals surface area contributed by atoms with Crippen molar-refractivity contribution in [3.63, 3.8) is 0 Å². The zero-order valence-corrected chi connectivity index (χ0v) is 17.7. The number of carbonyl (C=O) groups is 1. The average molecular weight is 405 g/mol. The molecule has 4 rings (SSSR count). The second-order valence-corrected chi connectivity index (χ2v) is 7.69. The van der Waals surface area contributed by atoms with Gasteiger partial charge in [0.15, 0.2) is 0 Å². The first-order chi connectivity index (χ1) is 14.5. The lowest BCUT2D eigenvalue weighted by Gasteiger charge is -2.35. The fraction of sp³-hybridized carbons (Fsp3) is 0.348. The summed E-state index contributed by atoms with van der Waals surface area (Å²) in [5, 5.41) is 11.1. The molecule has 2 N–H and O–H groups in total. The number of hydrogen-bond acceptors (Lipinski definition) is 5. The van der Waals surface area contributed by atoms with Crippen LogP contribution in [0.5, 0.6) is 0 Å². The van der Waals surface area contributed by atoms with E-state index >= 15 is 0 Å². The average Bonchev–Trinajstić information content (AvgIpc) is 3.03. The van der Waals surface area contributed by atoms with Gasteiger partial charge in [-0.3, -0.25) is 9.48 Å². The highest BCUT2D eigenvalue weighted by Crippen LogP contribution is 2.24. The summed E-state index contributed by atoms with van der Waals surface area (Å²) in [6.07, 6.45) is 1.75. The fourth-order valence-corrected chi connectivity index (χ4v) is 4.01. The molecule has 1 amide bonds. The molecule has 0 aliphatic carbocycles. The summed E-state index contributed by atoms with van der Waals surface area (Å²) in [6, 6.07) is 14.3. The number of pyridine rings is 1. The lowest BCUT2D eigenvalue weighted by Crippen LogP contribution is -2.46. The molecule has 1 aliphatic heterocycles. The molecule has 1 saturated heterocycles. The van der Waals surface area contributed by atoms with Crippen LogP contribution in [0.1, 0.15) is 38.9 Å². The molecular weight excluding hydrogens is 376 g/mol. The van der Waals surface area contributed by atoms with E-state index in [0.717, 1.165) is 42.4 Å². The zero-order chi connectivity index (χ0) is 21.1. The Balaban J connectivity index is 1.51. The number of aromatic nitrogens is 3. The van der Waals surface area contributed by atoms with Gasteiger partial charge >= 0.3 is 0 Å². The number of anilines is 1. The molecule has 3 aromatic rings. The zero-order valence-electron chi connectivity index (χ0n) is 17.7. The van der Waals surface area contributed by atoms with Crippen molar-refractivity contribution in [2.75, 3.05) is 24.5 Å². The highest BCUT2D eigenvalue weighted by Gasteiger charge is 2.25. The van der Waals surface area contributed by atoms with Gasteiger partial charge in [0.1, 0.15) is 5.82 Å². The number of benzene rings is 1. The predicted octanol–water partition coefficient (Wildman–Crippen LogP) is 2.51. The van der Waals surface area contributed by atoms with Crippen LogP contribution in [0.2, 0.25) is 0 Å². The normalized spacial score (nSPS) is 16.5. The molecule has 7 heteroatoms. The molecule has 0 radical (unpaired) electrons. The summed E-state index contributed by atoms with van der Waals surface area (Å²) in [5.74, 6) is 0.618. The third-order valence-electron chi connectivity index (χ3n) is 5.79. The summed E-state index contributed by atoms with van der Waals surface area (Å²) in [7, 11) is 1.92. The topological polar surface area (TPSA) is 75.1 Å². The molecule has 1 aliphatic rings. The monoisotopic (exact) mass is 404 g/mol. The van der Waals surface area contributed by atoms with Crippen molar-refractivity contribution in [3.05, 3.63) is 76.7 Å². The molecule has 3 heterocycles. The van der Waals surface area contributed by atoms with Crippen LogP contribution in [0.3, 0.4) is 0 Å². The number of piperazine rings is 1. The van der Waals surface area contributed by atoms with E-state index in [4.69, 9.17) is 0 Å². The van der Waals surface area contributed by atoms with E-state index in [0.29, 0.717) is 12.1 Å². The molecule has 0 saturated carbocycles. The minimum absolute atomic E-state index is 0.115. The molecule has 1 atom stereocenters. The molecular formula is C23H28N6O. The van der Waals surface area contributed by atoms with Crippen molar-refractivity contribution in [2.45, 2.75) is 26.4 Å². The standard InChI is InChI=1S/C23H28N6O/c1-16-20(17(2)28(3)27-16)14-26-23(30)19-10-7-11-25-22(19)29-13-12-24-21(15-29)18-8-5-4-6-9-18/h4-11,21,24H,12-15H2,1-3H3,(H,26,30). The van der Waals surface area contributed by atoms with Crippen LogP contribution >= 0.6 is 0 Å². The highest BCUT2D eigenvalue weighted by atomic mass is 16.1. The number of rotatable bonds is 5. The Hall–Kier alpha value is -3.19. The molecule has 0 bridgehead atoms. The van der Waals surface area contributed by atoms with Gasteiger partial charge in [0.2, 0.25) is 0 Å². The van der Waals surface area contributed by atoms with Gasteiger partial charge in [0.05, 0.1) is 11.3 Å². The van der Waals surface area contributed by atoms with Gasteiger partial charge in [0, 0.05) is 56.7 Å². The summed E-state index contributed by atoms with van der Waals surface area (Å²) >= 11 is 0. The van der Waals surface area contributed by atoms with Gasteiger partial charge < -0.3 is 15.5 Å². The Morgan fingerprint density at radius 3 is 2.73 bits per heavy atom. The first kappa shape index (κ1) is 20.1. The van der Waals surface area contributed by atoms with Crippen LogP contribution in [0.4, 0.5) is 5.82 Å². The van der Waals surface area contributed by atoms with E-state index in [1.807, 2.05) is 43.8 Å². The second-order valence-electron chi connectivity index (χ2n) is 7.69. The maximum Gasteiger partial charge on any atom is 0.255 e. The number of hydrogen-bond donors (Lipinski definition) is 2. The van der Waals surface area contributed by atoms with E-state index in [1.165, 1.54) is 5.56 Å². The Morgan fingerprint density at radius 2 is 2.00 bits per heavy atom. The highest BCUT2D eigenvalue weighted by molar-refractivity contribution is 5.98. The number of aryl methyl sites for hydroxylation is 2. The van der Waals surface area contributed by atoms with Gasteiger partial charge in [-0.25, -0.2) is 4.98 Å². The molecule has 0 spiro atoms. The number of nitrogens with zero attached hydrogens (tertiary/aromatic N) is 4. The Kier molecular flexibility index (Phi) is 5.81.